The molecule has 2 rings (SSSR count). The number of nitrogens with zero attached hydrogens (tertiary/aromatic N) is 4. The Kier molecular flexibility index (Phi) is 5.33. The largest absolute Gasteiger partial charge is 0.354 e. The van der Waals surface area contributed by atoms with Gasteiger partial charge in [-0.1, -0.05) is 19.1 Å². The zero-order chi connectivity index (χ0) is 15.2. The van der Waals surface area contributed by atoms with Crippen LogP contribution in [-0.4, -0.2) is 28.0 Å². The number of halogens is 1. The van der Waals surface area contributed by atoms with Crippen molar-refractivity contribution in [1.29, 1.82) is 0 Å². The minimum absolute atomic E-state index is 0.199. The van der Waals surface area contributed by atoms with Crippen LogP contribution in [0, 0.1) is 6.92 Å². The van der Waals surface area contributed by atoms with E-state index in [-0.39, 0.29) is 5.28 Å². The SMILES string of the molecule is CCCNc1nc(Cl)nc(N(CC)c2cccc(C)c2)n1. The molecule has 5 nitrogen and oxygen atoms in total. The molecule has 6 heteroatoms. The van der Waals surface area contributed by atoms with E-state index < -0.39 is 0 Å². The van der Waals surface area contributed by atoms with Crippen LogP contribution in [0.4, 0.5) is 17.6 Å². The maximum absolute atomic E-state index is 6.02. The molecular formula is C15H20ClN5. The van der Waals surface area contributed by atoms with E-state index in [4.69, 9.17) is 11.6 Å². The summed E-state index contributed by atoms with van der Waals surface area (Å²) in [5.41, 5.74) is 2.23. The minimum Gasteiger partial charge on any atom is -0.354 e. The summed E-state index contributed by atoms with van der Waals surface area (Å²) < 4.78 is 0. The number of hydrogen-bond acceptors (Lipinski definition) is 5. The van der Waals surface area contributed by atoms with Crippen molar-refractivity contribution in [3.63, 3.8) is 0 Å². The lowest BCUT2D eigenvalue weighted by Crippen LogP contribution is -2.20. The molecule has 0 bridgehead atoms. The third-order valence-electron chi connectivity index (χ3n) is 3.00. The molecular weight excluding hydrogens is 286 g/mol. The molecule has 0 atom stereocenters. The number of aryl methyl sites for hydroxylation is 1. The Morgan fingerprint density at radius 3 is 2.67 bits per heavy atom. The highest BCUT2D eigenvalue weighted by molar-refractivity contribution is 6.28. The molecule has 0 spiro atoms. The molecule has 0 amide bonds. The van der Waals surface area contributed by atoms with Crippen LogP contribution in [0.5, 0.6) is 0 Å². The van der Waals surface area contributed by atoms with Crippen LogP contribution in [0.15, 0.2) is 24.3 Å². The van der Waals surface area contributed by atoms with E-state index in [0.717, 1.165) is 25.2 Å². The molecule has 0 fully saturated rings. The Morgan fingerprint density at radius 1 is 1.19 bits per heavy atom. The normalized spacial score (nSPS) is 10.5. The van der Waals surface area contributed by atoms with Crippen LogP contribution >= 0.6 is 11.6 Å². The third-order valence-corrected chi connectivity index (χ3v) is 3.17. The van der Waals surface area contributed by atoms with Gasteiger partial charge in [-0.2, -0.15) is 15.0 Å². The lowest BCUT2D eigenvalue weighted by molar-refractivity contribution is 0.900. The van der Waals surface area contributed by atoms with Gasteiger partial charge in [-0.05, 0) is 49.6 Å². The minimum atomic E-state index is 0.199. The zero-order valence-electron chi connectivity index (χ0n) is 12.6. The first-order chi connectivity index (χ1) is 10.1. The van der Waals surface area contributed by atoms with Gasteiger partial charge >= 0.3 is 0 Å². The number of rotatable bonds is 6. The van der Waals surface area contributed by atoms with Crippen molar-refractivity contribution in [2.45, 2.75) is 27.2 Å². The molecule has 0 saturated carbocycles. The smallest absolute Gasteiger partial charge is 0.236 e. The molecule has 1 heterocycles. The van der Waals surface area contributed by atoms with Gasteiger partial charge in [0.25, 0.3) is 0 Å². The van der Waals surface area contributed by atoms with Crippen LogP contribution in [-0.2, 0) is 0 Å². The first kappa shape index (κ1) is 15.5. The lowest BCUT2D eigenvalue weighted by Gasteiger charge is -2.21. The topological polar surface area (TPSA) is 53.9 Å². The number of benzene rings is 1. The van der Waals surface area contributed by atoms with Crippen molar-refractivity contribution < 1.29 is 0 Å². The maximum atomic E-state index is 6.02. The number of aromatic nitrogens is 3. The summed E-state index contributed by atoms with van der Waals surface area (Å²) in [4.78, 5) is 14.8. The Balaban J connectivity index is 2.35. The van der Waals surface area contributed by atoms with E-state index >= 15 is 0 Å². The lowest BCUT2D eigenvalue weighted by atomic mass is 10.2. The van der Waals surface area contributed by atoms with Crippen LogP contribution in [0.1, 0.15) is 25.8 Å². The van der Waals surface area contributed by atoms with Crippen molar-refractivity contribution in [2.75, 3.05) is 23.3 Å². The maximum Gasteiger partial charge on any atom is 0.236 e. The summed E-state index contributed by atoms with van der Waals surface area (Å²) in [5.74, 6) is 1.07. The van der Waals surface area contributed by atoms with Crippen molar-refractivity contribution in [1.82, 2.24) is 15.0 Å². The molecule has 1 aromatic heterocycles. The van der Waals surface area contributed by atoms with Gasteiger partial charge in [-0.15, -0.1) is 0 Å². The van der Waals surface area contributed by atoms with E-state index in [9.17, 15) is 0 Å². The van der Waals surface area contributed by atoms with Gasteiger partial charge in [0.2, 0.25) is 17.2 Å². The Labute approximate surface area is 130 Å². The van der Waals surface area contributed by atoms with Gasteiger partial charge in [0.05, 0.1) is 0 Å². The van der Waals surface area contributed by atoms with E-state index in [1.165, 1.54) is 5.56 Å². The van der Waals surface area contributed by atoms with Gasteiger partial charge < -0.3 is 10.2 Å². The highest BCUT2D eigenvalue weighted by Gasteiger charge is 2.13. The first-order valence-corrected chi connectivity index (χ1v) is 7.51. The highest BCUT2D eigenvalue weighted by atomic mass is 35.5. The van der Waals surface area contributed by atoms with Gasteiger partial charge in [-0.25, -0.2) is 0 Å². The standard InChI is InChI=1S/C15H20ClN5/c1-4-9-17-14-18-13(16)19-15(20-14)21(5-2)12-8-6-7-11(3)10-12/h6-8,10H,4-5,9H2,1-3H3,(H,17,18,19,20). The molecule has 0 aliphatic heterocycles. The van der Waals surface area contributed by atoms with Gasteiger partial charge in [-0.3, -0.25) is 0 Å². The van der Waals surface area contributed by atoms with Crippen LogP contribution in [0.3, 0.4) is 0 Å². The molecule has 1 N–H and O–H groups in total. The molecule has 21 heavy (non-hydrogen) atoms. The molecule has 1 aromatic carbocycles. The van der Waals surface area contributed by atoms with Gasteiger partial charge in [0, 0.05) is 18.8 Å². The highest BCUT2D eigenvalue weighted by Crippen LogP contribution is 2.24. The summed E-state index contributed by atoms with van der Waals surface area (Å²) in [6.45, 7) is 7.75. The van der Waals surface area contributed by atoms with E-state index in [1.807, 2.05) is 17.0 Å². The van der Waals surface area contributed by atoms with Gasteiger partial charge in [0.1, 0.15) is 0 Å². The second-order valence-corrected chi connectivity index (χ2v) is 5.08. The molecule has 0 saturated heterocycles. The van der Waals surface area contributed by atoms with E-state index in [2.05, 4.69) is 53.2 Å². The van der Waals surface area contributed by atoms with Crippen molar-refractivity contribution >= 4 is 29.2 Å². The second-order valence-electron chi connectivity index (χ2n) is 4.74. The second kappa shape index (κ2) is 7.22. The average molecular weight is 306 g/mol. The Morgan fingerprint density at radius 2 is 2.00 bits per heavy atom. The summed E-state index contributed by atoms with van der Waals surface area (Å²) in [7, 11) is 0. The van der Waals surface area contributed by atoms with Crippen LogP contribution < -0.4 is 10.2 Å². The zero-order valence-corrected chi connectivity index (χ0v) is 13.4. The molecule has 0 radical (unpaired) electrons. The molecule has 0 aliphatic rings. The van der Waals surface area contributed by atoms with E-state index in [0.29, 0.717) is 11.9 Å². The van der Waals surface area contributed by atoms with Crippen molar-refractivity contribution in [3.8, 4) is 0 Å². The fraction of sp³-hybridized carbons (Fsp3) is 0.400. The van der Waals surface area contributed by atoms with Crippen LogP contribution in [0.25, 0.3) is 0 Å². The summed E-state index contributed by atoms with van der Waals surface area (Å²) in [6, 6.07) is 8.21. The first-order valence-electron chi connectivity index (χ1n) is 7.13. The molecule has 0 unspecified atom stereocenters. The molecule has 2 aromatic rings. The fourth-order valence-electron chi connectivity index (χ4n) is 2.01. The molecule has 0 aliphatic carbocycles. The number of hydrogen-bond donors (Lipinski definition) is 1. The van der Waals surface area contributed by atoms with Crippen molar-refractivity contribution in [3.05, 3.63) is 35.1 Å². The van der Waals surface area contributed by atoms with E-state index in [1.54, 1.807) is 0 Å². The summed E-state index contributed by atoms with van der Waals surface area (Å²) in [6.07, 6.45) is 0.994. The number of nitrogens with one attached hydrogen (secondary N) is 1. The summed E-state index contributed by atoms with van der Waals surface area (Å²) in [5, 5.41) is 3.34. The molecule has 112 valence electrons. The fourth-order valence-corrected chi connectivity index (χ4v) is 2.17. The predicted molar refractivity (Wildman–Crippen MR) is 87.5 cm³/mol. The van der Waals surface area contributed by atoms with Crippen molar-refractivity contribution in [2.24, 2.45) is 0 Å². The monoisotopic (exact) mass is 305 g/mol. The predicted octanol–water partition coefficient (Wildman–Crippen LogP) is 3.81. The Bertz CT molecular complexity index is 602. The summed E-state index contributed by atoms with van der Waals surface area (Å²) >= 11 is 6.02. The quantitative estimate of drug-likeness (QED) is 0.879. The Hall–Kier alpha value is -1.88. The average Bonchev–Trinajstić information content (AvgIpc) is 2.45. The van der Waals surface area contributed by atoms with Gasteiger partial charge in [0.15, 0.2) is 0 Å². The van der Waals surface area contributed by atoms with Crippen LogP contribution in [0.2, 0.25) is 5.28 Å². The third kappa shape index (κ3) is 4.04. The number of anilines is 3.